The van der Waals surface area contributed by atoms with Crippen molar-refractivity contribution in [1.82, 2.24) is 10.3 Å². The van der Waals surface area contributed by atoms with Crippen LogP contribution >= 0.6 is 12.4 Å². The van der Waals surface area contributed by atoms with E-state index in [1.807, 2.05) is 6.20 Å². The lowest BCUT2D eigenvalue weighted by molar-refractivity contribution is 0.278. The monoisotopic (exact) mass is 277 g/mol. The number of rotatable bonds is 3. The van der Waals surface area contributed by atoms with Crippen molar-refractivity contribution in [3.05, 3.63) is 29.6 Å². The van der Waals surface area contributed by atoms with Gasteiger partial charge in [-0.25, -0.2) is 0 Å². The zero-order chi connectivity index (χ0) is 12.4. The predicted octanol–water partition coefficient (Wildman–Crippen LogP) is 2.82. The van der Waals surface area contributed by atoms with Gasteiger partial charge in [-0.2, -0.15) is 5.26 Å². The molecule has 1 aromatic heterocycles. The largest absolute Gasteiger partial charge is 0.317 e. The molecule has 1 aliphatic heterocycles. The molecule has 0 atom stereocenters. The van der Waals surface area contributed by atoms with Crippen molar-refractivity contribution in [3.8, 4) is 6.07 Å². The lowest BCUT2D eigenvalue weighted by Gasteiger charge is -2.30. The molecule has 0 radical (unpaired) electrons. The first kappa shape index (κ1) is 14.3. The number of piperidine rings is 1. The predicted molar refractivity (Wildman–Crippen MR) is 77.3 cm³/mol. The van der Waals surface area contributed by atoms with Crippen LogP contribution in [0.1, 0.15) is 42.9 Å². The molecule has 1 N–H and O–H groups in total. The number of nitrogens with zero attached hydrogens (tertiary/aromatic N) is 2. The van der Waals surface area contributed by atoms with E-state index in [1.54, 1.807) is 0 Å². The van der Waals surface area contributed by atoms with Crippen LogP contribution in [0.15, 0.2) is 18.3 Å². The third kappa shape index (κ3) is 3.26. The fraction of sp³-hybridized carbons (Fsp3) is 0.600. The SMILES string of the molecule is Cl.N#CC1(Cc2ccc(C3CC3)cn2)CCNCC1. The van der Waals surface area contributed by atoms with Gasteiger partial charge in [0.2, 0.25) is 0 Å². The Balaban J connectivity index is 0.00000133. The van der Waals surface area contributed by atoms with Gasteiger partial charge in [-0.3, -0.25) is 4.98 Å². The van der Waals surface area contributed by atoms with Gasteiger partial charge in [0.25, 0.3) is 0 Å². The smallest absolute Gasteiger partial charge is 0.0694 e. The number of nitriles is 1. The van der Waals surface area contributed by atoms with Crippen LogP contribution in [0.3, 0.4) is 0 Å². The molecule has 2 fully saturated rings. The van der Waals surface area contributed by atoms with Crippen molar-refractivity contribution in [3.63, 3.8) is 0 Å². The van der Waals surface area contributed by atoms with Gasteiger partial charge in [0.05, 0.1) is 11.5 Å². The molecule has 0 unspecified atom stereocenters. The van der Waals surface area contributed by atoms with Crippen LogP contribution < -0.4 is 5.32 Å². The number of halogens is 1. The Morgan fingerprint density at radius 2 is 2.05 bits per heavy atom. The zero-order valence-corrected chi connectivity index (χ0v) is 11.9. The van der Waals surface area contributed by atoms with Crippen LogP contribution in [-0.4, -0.2) is 18.1 Å². The van der Waals surface area contributed by atoms with Gasteiger partial charge in [-0.05, 0) is 56.3 Å². The molecule has 1 saturated heterocycles. The van der Waals surface area contributed by atoms with E-state index in [-0.39, 0.29) is 17.8 Å². The van der Waals surface area contributed by atoms with Gasteiger partial charge < -0.3 is 5.32 Å². The van der Waals surface area contributed by atoms with Gasteiger partial charge in [0, 0.05) is 18.3 Å². The zero-order valence-electron chi connectivity index (χ0n) is 11.1. The Morgan fingerprint density at radius 3 is 2.58 bits per heavy atom. The van der Waals surface area contributed by atoms with Crippen LogP contribution in [0, 0.1) is 16.7 Å². The second-order valence-electron chi connectivity index (χ2n) is 5.68. The van der Waals surface area contributed by atoms with Crippen LogP contribution in [0.4, 0.5) is 0 Å². The minimum Gasteiger partial charge on any atom is -0.317 e. The maximum absolute atomic E-state index is 9.45. The van der Waals surface area contributed by atoms with E-state index in [0.29, 0.717) is 0 Å². The molecule has 2 heterocycles. The quantitative estimate of drug-likeness (QED) is 0.924. The van der Waals surface area contributed by atoms with Gasteiger partial charge in [-0.15, -0.1) is 12.4 Å². The van der Waals surface area contributed by atoms with Crippen molar-refractivity contribution in [2.45, 2.75) is 38.0 Å². The molecular formula is C15H20ClN3. The Kier molecular flexibility index (Phi) is 4.44. The molecule has 0 amide bonds. The van der Waals surface area contributed by atoms with E-state index in [4.69, 9.17) is 0 Å². The Bertz CT molecular complexity index is 453. The molecule has 0 bridgehead atoms. The van der Waals surface area contributed by atoms with Gasteiger partial charge in [-0.1, -0.05) is 6.07 Å². The maximum Gasteiger partial charge on any atom is 0.0694 e. The molecule has 1 aliphatic carbocycles. The van der Waals surface area contributed by atoms with Crippen molar-refractivity contribution >= 4 is 12.4 Å². The van der Waals surface area contributed by atoms with E-state index < -0.39 is 0 Å². The number of hydrogen-bond acceptors (Lipinski definition) is 3. The molecular weight excluding hydrogens is 258 g/mol. The second kappa shape index (κ2) is 5.90. The number of pyridine rings is 1. The van der Waals surface area contributed by atoms with Crippen LogP contribution in [0.25, 0.3) is 0 Å². The third-order valence-corrected chi connectivity index (χ3v) is 4.21. The Morgan fingerprint density at radius 1 is 1.32 bits per heavy atom. The van der Waals surface area contributed by atoms with Crippen LogP contribution in [-0.2, 0) is 6.42 Å². The molecule has 19 heavy (non-hydrogen) atoms. The molecule has 2 aliphatic rings. The highest BCUT2D eigenvalue weighted by molar-refractivity contribution is 5.85. The van der Waals surface area contributed by atoms with Gasteiger partial charge in [0.15, 0.2) is 0 Å². The molecule has 4 heteroatoms. The summed E-state index contributed by atoms with van der Waals surface area (Å²) in [5.74, 6) is 0.760. The topological polar surface area (TPSA) is 48.7 Å². The molecule has 1 aromatic rings. The summed E-state index contributed by atoms with van der Waals surface area (Å²) in [7, 11) is 0. The van der Waals surface area contributed by atoms with Crippen molar-refractivity contribution in [1.29, 1.82) is 5.26 Å². The lowest BCUT2D eigenvalue weighted by atomic mass is 9.76. The highest BCUT2D eigenvalue weighted by atomic mass is 35.5. The normalized spacial score (nSPS) is 21.2. The van der Waals surface area contributed by atoms with E-state index >= 15 is 0 Å². The van der Waals surface area contributed by atoms with Gasteiger partial charge >= 0.3 is 0 Å². The molecule has 1 saturated carbocycles. The minimum atomic E-state index is -0.195. The van der Waals surface area contributed by atoms with E-state index in [2.05, 4.69) is 28.5 Å². The fourth-order valence-corrected chi connectivity index (χ4v) is 2.78. The third-order valence-electron chi connectivity index (χ3n) is 4.21. The minimum absolute atomic E-state index is 0. The van der Waals surface area contributed by atoms with Crippen LogP contribution in [0.5, 0.6) is 0 Å². The Labute approximate surface area is 120 Å². The Hall–Kier alpha value is -1.11. The first-order chi connectivity index (χ1) is 8.81. The van der Waals surface area contributed by atoms with Crippen molar-refractivity contribution < 1.29 is 0 Å². The summed E-state index contributed by atoms with van der Waals surface area (Å²) in [6.07, 6.45) is 7.32. The molecule has 3 nitrogen and oxygen atoms in total. The summed E-state index contributed by atoms with van der Waals surface area (Å²) in [5.41, 5.74) is 2.25. The summed E-state index contributed by atoms with van der Waals surface area (Å²) >= 11 is 0. The van der Waals surface area contributed by atoms with E-state index in [0.717, 1.165) is 44.0 Å². The van der Waals surface area contributed by atoms with Crippen molar-refractivity contribution in [2.24, 2.45) is 5.41 Å². The van der Waals surface area contributed by atoms with Crippen LogP contribution in [0.2, 0.25) is 0 Å². The molecule has 0 aromatic carbocycles. The summed E-state index contributed by atoms with van der Waals surface area (Å²) in [6, 6.07) is 6.86. The highest BCUT2D eigenvalue weighted by Crippen LogP contribution is 2.40. The summed E-state index contributed by atoms with van der Waals surface area (Å²) < 4.78 is 0. The second-order valence-corrected chi connectivity index (χ2v) is 5.68. The number of nitrogens with one attached hydrogen (secondary N) is 1. The standard InChI is InChI=1S/C15H19N3.ClH/c16-11-15(5-7-17-8-6-15)9-14-4-3-13(10-18-14)12-1-2-12;/h3-4,10,12,17H,1-2,5-9H2;1H. The first-order valence-corrected chi connectivity index (χ1v) is 6.88. The highest BCUT2D eigenvalue weighted by Gasteiger charge is 2.32. The summed E-state index contributed by atoms with van der Waals surface area (Å²) in [6.45, 7) is 1.90. The van der Waals surface area contributed by atoms with E-state index in [1.165, 1.54) is 18.4 Å². The number of aromatic nitrogens is 1. The van der Waals surface area contributed by atoms with E-state index in [9.17, 15) is 5.26 Å². The average molecular weight is 278 g/mol. The fourth-order valence-electron chi connectivity index (χ4n) is 2.78. The molecule has 102 valence electrons. The van der Waals surface area contributed by atoms with Gasteiger partial charge in [0.1, 0.15) is 0 Å². The molecule has 0 spiro atoms. The lowest BCUT2D eigenvalue weighted by Crippen LogP contribution is -2.37. The summed E-state index contributed by atoms with van der Waals surface area (Å²) in [5, 5.41) is 12.8. The maximum atomic E-state index is 9.45. The van der Waals surface area contributed by atoms with Crippen molar-refractivity contribution in [2.75, 3.05) is 13.1 Å². The molecule has 3 rings (SSSR count). The summed E-state index contributed by atoms with van der Waals surface area (Å²) in [4.78, 5) is 4.56. The number of hydrogen-bond donors (Lipinski definition) is 1. The average Bonchev–Trinajstić information content (AvgIpc) is 3.25. The first-order valence-electron chi connectivity index (χ1n) is 6.88.